The molecule has 0 saturated heterocycles. The van der Waals surface area contributed by atoms with Crippen LogP contribution in [0, 0.1) is 5.82 Å². The molecular formula is C16H15F4N3O4S. The van der Waals surface area contributed by atoms with Crippen molar-refractivity contribution < 1.29 is 35.9 Å². The third-order valence-corrected chi connectivity index (χ3v) is 5.36. The summed E-state index contributed by atoms with van der Waals surface area (Å²) in [5.74, 6) is -1.56. The number of pyridine rings is 1. The van der Waals surface area contributed by atoms with E-state index in [9.17, 15) is 30.8 Å². The second kappa shape index (κ2) is 8.10. The minimum Gasteiger partial charge on any atom is -0.397 e. The number of alkyl halides is 3. The van der Waals surface area contributed by atoms with E-state index in [0.717, 1.165) is 36.5 Å². The Hall–Kier alpha value is -2.73. The molecule has 12 heteroatoms. The summed E-state index contributed by atoms with van der Waals surface area (Å²) >= 11 is 0. The third kappa shape index (κ3) is 4.95. The van der Waals surface area contributed by atoms with E-state index >= 15 is 0 Å². The summed E-state index contributed by atoms with van der Waals surface area (Å²) in [7, 11) is -4.06. The van der Waals surface area contributed by atoms with Gasteiger partial charge in [-0.1, -0.05) is 0 Å². The summed E-state index contributed by atoms with van der Waals surface area (Å²) in [6.45, 7) is -0.504. The molecule has 1 heterocycles. The Balaban J connectivity index is 2.13. The van der Waals surface area contributed by atoms with Crippen LogP contribution in [0.3, 0.4) is 0 Å². The van der Waals surface area contributed by atoms with Gasteiger partial charge >= 0.3 is 6.18 Å². The predicted octanol–water partition coefficient (Wildman–Crippen LogP) is 1.68. The van der Waals surface area contributed by atoms with Gasteiger partial charge in [-0.2, -0.15) is 13.2 Å². The first-order valence-electron chi connectivity index (χ1n) is 7.72. The van der Waals surface area contributed by atoms with Gasteiger partial charge in [0.2, 0.25) is 9.84 Å². The maximum atomic E-state index is 13.0. The molecule has 28 heavy (non-hydrogen) atoms. The van der Waals surface area contributed by atoms with Crippen molar-refractivity contribution in [2.75, 3.05) is 12.3 Å². The average molecular weight is 421 g/mol. The lowest BCUT2D eigenvalue weighted by Crippen LogP contribution is -2.34. The van der Waals surface area contributed by atoms with Crippen LogP contribution in [0.15, 0.2) is 46.3 Å². The Bertz CT molecular complexity index is 963. The zero-order valence-corrected chi connectivity index (χ0v) is 14.9. The SMILES string of the molecule is Nc1cc(S(=O)(=O)c2ccc(F)cc2)cnc1C(=O)NCCC(O)C(F)(F)F. The van der Waals surface area contributed by atoms with Crippen molar-refractivity contribution in [3.8, 4) is 0 Å². The van der Waals surface area contributed by atoms with Crippen LogP contribution in [0.4, 0.5) is 23.2 Å². The number of nitrogens with one attached hydrogen (secondary N) is 1. The molecule has 1 amide bonds. The lowest BCUT2D eigenvalue weighted by molar-refractivity contribution is -0.204. The van der Waals surface area contributed by atoms with Crippen molar-refractivity contribution in [3.05, 3.63) is 48.0 Å². The number of anilines is 1. The predicted molar refractivity (Wildman–Crippen MR) is 89.5 cm³/mol. The van der Waals surface area contributed by atoms with Crippen LogP contribution in [-0.4, -0.2) is 43.2 Å². The normalized spacial score (nSPS) is 13.2. The number of benzene rings is 1. The molecule has 0 aliphatic heterocycles. The van der Waals surface area contributed by atoms with Crippen molar-refractivity contribution >= 4 is 21.4 Å². The fraction of sp³-hybridized carbons (Fsp3) is 0.250. The van der Waals surface area contributed by atoms with Crippen molar-refractivity contribution in [1.82, 2.24) is 10.3 Å². The lowest BCUT2D eigenvalue weighted by Gasteiger charge is -2.14. The zero-order valence-electron chi connectivity index (χ0n) is 14.1. The van der Waals surface area contributed by atoms with Crippen molar-refractivity contribution in [3.63, 3.8) is 0 Å². The number of rotatable bonds is 6. The second-order valence-corrected chi connectivity index (χ2v) is 7.62. The van der Waals surface area contributed by atoms with Crippen LogP contribution in [-0.2, 0) is 9.84 Å². The highest BCUT2D eigenvalue weighted by molar-refractivity contribution is 7.91. The number of halogens is 4. The van der Waals surface area contributed by atoms with Gasteiger partial charge < -0.3 is 16.2 Å². The molecule has 0 fully saturated rings. The van der Waals surface area contributed by atoms with Crippen LogP contribution in [0.2, 0.25) is 0 Å². The van der Waals surface area contributed by atoms with Crippen LogP contribution in [0.5, 0.6) is 0 Å². The van der Waals surface area contributed by atoms with Gasteiger partial charge in [-0.15, -0.1) is 0 Å². The number of carbonyl (C=O) groups excluding carboxylic acids is 1. The number of nitrogens with two attached hydrogens (primary N) is 1. The largest absolute Gasteiger partial charge is 0.414 e. The quantitative estimate of drug-likeness (QED) is 0.482. The standard InChI is InChI=1S/C16H15F4N3O4S/c17-9-1-3-10(4-2-9)28(26,27)11-7-12(21)14(23-8-11)15(25)22-6-5-13(24)16(18,19)20/h1-4,7-8,13,24H,5-6,21H2,(H,22,25). The molecule has 0 saturated carbocycles. The fourth-order valence-electron chi connectivity index (χ4n) is 2.12. The summed E-state index contributed by atoms with van der Waals surface area (Å²) in [5.41, 5.74) is 4.93. The second-order valence-electron chi connectivity index (χ2n) is 5.67. The lowest BCUT2D eigenvalue weighted by atomic mass is 10.2. The van der Waals surface area contributed by atoms with Crippen LogP contribution in [0.25, 0.3) is 0 Å². The number of hydrogen-bond donors (Lipinski definition) is 3. The molecule has 1 unspecified atom stereocenters. The van der Waals surface area contributed by atoms with Crippen molar-refractivity contribution in [2.24, 2.45) is 0 Å². The number of hydrogen-bond acceptors (Lipinski definition) is 6. The van der Waals surface area contributed by atoms with Gasteiger partial charge in [-0.05, 0) is 36.8 Å². The number of nitrogen functional groups attached to an aromatic ring is 1. The van der Waals surface area contributed by atoms with Gasteiger partial charge in [0.15, 0.2) is 11.8 Å². The van der Waals surface area contributed by atoms with Gasteiger partial charge in [-0.25, -0.2) is 17.8 Å². The number of nitrogens with zero attached hydrogens (tertiary/aromatic N) is 1. The summed E-state index contributed by atoms with van der Waals surface area (Å²) in [5, 5.41) is 11.0. The minimum atomic E-state index is -4.81. The van der Waals surface area contributed by atoms with E-state index in [0.29, 0.717) is 0 Å². The van der Waals surface area contributed by atoms with Gasteiger partial charge in [-0.3, -0.25) is 4.79 Å². The van der Waals surface area contributed by atoms with Crippen LogP contribution in [0.1, 0.15) is 16.9 Å². The van der Waals surface area contributed by atoms with E-state index in [2.05, 4.69) is 10.3 Å². The molecule has 0 aliphatic carbocycles. The maximum Gasteiger partial charge on any atom is 0.414 e. The Kier molecular flexibility index (Phi) is 6.24. The Morgan fingerprint density at radius 3 is 2.36 bits per heavy atom. The highest BCUT2D eigenvalue weighted by Crippen LogP contribution is 2.24. The minimum absolute atomic E-state index is 0.214. The molecule has 1 aromatic heterocycles. The summed E-state index contributed by atoms with van der Waals surface area (Å²) in [6.07, 6.45) is -7.32. The molecule has 4 N–H and O–H groups in total. The molecule has 0 aliphatic rings. The van der Waals surface area contributed by atoms with Gasteiger partial charge in [0.05, 0.1) is 15.5 Å². The van der Waals surface area contributed by atoms with E-state index < -0.39 is 46.8 Å². The van der Waals surface area contributed by atoms with E-state index in [4.69, 9.17) is 10.8 Å². The number of aromatic nitrogens is 1. The highest BCUT2D eigenvalue weighted by atomic mass is 32.2. The molecule has 0 radical (unpaired) electrons. The molecule has 2 rings (SSSR count). The molecule has 0 spiro atoms. The molecule has 7 nitrogen and oxygen atoms in total. The summed E-state index contributed by atoms with van der Waals surface area (Å²) in [4.78, 5) is 15.1. The smallest absolute Gasteiger partial charge is 0.397 e. The molecule has 152 valence electrons. The van der Waals surface area contributed by atoms with E-state index in [1.807, 2.05) is 0 Å². The van der Waals surface area contributed by atoms with Gasteiger partial charge in [0.25, 0.3) is 5.91 Å². The number of aliphatic hydroxyl groups excluding tert-OH is 1. The van der Waals surface area contributed by atoms with Crippen LogP contribution >= 0.6 is 0 Å². The Labute approximate surface area is 157 Å². The molecule has 1 atom stereocenters. The molecular weight excluding hydrogens is 406 g/mol. The topological polar surface area (TPSA) is 122 Å². The van der Waals surface area contributed by atoms with Crippen molar-refractivity contribution in [1.29, 1.82) is 0 Å². The molecule has 0 bridgehead atoms. The number of sulfone groups is 1. The monoisotopic (exact) mass is 421 g/mol. The van der Waals surface area contributed by atoms with E-state index in [-0.39, 0.29) is 21.2 Å². The number of aliphatic hydroxyl groups is 1. The third-order valence-electron chi connectivity index (χ3n) is 3.62. The molecule has 2 aromatic rings. The number of carbonyl (C=O) groups is 1. The van der Waals surface area contributed by atoms with E-state index in [1.165, 1.54) is 0 Å². The maximum absolute atomic E-state index is 13.0. The van der Waals surface area contributed by atoms with Gasteiger partial charge in [0, 0.05) is 12.7 Å². The van der Waals surface area contributed by atoms with E-state index in [1.54, 1.807) is 0 Å². The van der Waals surface area contributed by atoms with Crippen LogP contribution < -0.4 is 11.1 Å². The first kappa shape index (κ1) is 21.6. The average Bonchev–Trinajstić information content (AvgIpc) is 2.60. The zero-order chi connectivity index (χ0) is 21.1. The highest BCUT2D eigenvalue weighted by Gasteiger charge is 2.37. The Morgan fingerprint density at radius 2 is 1.82 bits per heavy atom. The number of amides is 1. The Morgan fingerprint density at radius 1 is 1.21 bits per heavy atom. The van der Waals surface area contributed by atoms with Crippen molar-refractivity contribution in [2.45, 2.75) is 28.5 Å². The molecule has 1 aromatic carbocycles. The first-order valence-corrected chi connectivity index (χ1v) is 9.20. The fourth-order valence-corrected chi connectivity index (χ4v) is 3.36. The summed E-state index contributed by atoms with van der Waals surface area (Å²) in [6, 6.07) is 4.98. The first-order chi connectivity index (χ1) is 12.9. The summed E-state index contributed by atoms with van der Waals surface area (Å²) < 4.78 is 74.5. The van der Waals surface area contributed by atoms with Gasteiger partial charge in [0.1, 0.15) is 5.82 Å².